The Morgan fingerprint density at radius 3 is 2.13 bits per heavy atom. The molecule has 4 rings (SSSR count). The van der Waals surface area contributed by atoms with Crippen LogP contribution in [0.1, 0.15) is 11.6 Å². The van der Waals surface area contributed by atoms with Crippen molar-refractivity contribution < 1.29 is 12.8 Å². The van der Waals surface area contributed by atoms with E-state index in [9.17, 15) is 12.8 Å². The van der Waals surface area contributed by atoms with Crippen LogP contribution in [0.4, 0.5) is 10.1 Å². The lowest BCUT2D eigenvalue weighted by Gasteiger charge is -2.42. The van der Waals surface area contributed by atoms with Crippen molar-refractivity contribution in [3.05, 3.63) is 93.2 Å². The molecule has 0 aliphatic carbocycles. The number of piperazine rings is 1. The SMILES string of the molecule is O=S(=O)(c1ccc(F)cc1)N1CCN(c2ccc(Cl)cc2Cl)C(c2ccc(Cl)cc2)C1. The first-order valence-corrected chi connectivity index (χ1v) is 12.1. The molecule has 1 unspecified atom stereocenters. The Balaban J connectivity index is 1.72. The van der Waals surface area contributed by atoms with Crippen molar-refractivity contribution >= 4 is 50.5 Å². The standard InChI is InChI=1S/C22H18Cl3FN2O2S/c23-16-3-1-15(2-4-16)22-14-27(31(29,30)19-8-6-18(26)7-9-19)11-12-28(22)21-10-5-17(24)13-20(21)25/h1-10,13,22H,11-12,14H2. The summed E-state index contributed by atoms with van der Waals surface area (Å²) in [6.07, 6.45) is 0. The summed E-state index contributed by atoms with van der Waals surface area (Å²) < 4.78 is 41.1. The molecule has 162 valence electrons. The van der Waals surface area contributed by atoms with Crippen LogP contribution in [-0.2, 0) is 10.0 Å². The fourth-order valence-electron chi connectivity index (χ4n) is 3.70. The molecule has 1 fully saturated rings. The zero-order valence-corrected chi connectivity index (χ0v) is 19.3. The van der Waals surface area contributed by atoms with E-state index in [0.29, 0.717) is 21.6 Å². The van der Waals surface area contributed by atoms with Crippen LogP contribution in [0.15, 0.2) is 71.6 Å². The van der Waals surface area contributed by atoms with Gasteiger partial charge in [-0.1, -0.05) is 46.9 Å². The van der Waals surface area contributed by atoms with Crippen molar-refractivity contribution in [2.75, 3.05) is 24.5 Å². The topological polar surface area (TPSA) is 40.6 Å². The van der Waals surface area contributed by atoms with Crippen LogP contribution >= 0.6 is 34.8 Å². The van der Waals surface area contributed by atoms with E-state index in [0.717, 1.165) is 23.4 Å². The van der Waals surface area contributed by atoms with Crippen molar-refractivity contribution in [3.63, 3.8) is 0 Å². The van der Waals surface area contributed by atoms with E-state index < -0.39 is 15.8 Å². The van der Waals surface area contributed by atoms with Crippen LogP contribution in [0, 0.1) is 5.82 Å². The molecule has 1 heterocycles. The Labute approximate surface area is 195 Å². The molecule has 31 heavy (non-hydrogen) atoms. The number of nitrogens with zero attached hydrogens (tertiary/aromatic N) is 2. The first kappa shape index (κ1) is 22.4. The van der Waals surface area contributed by atoms with Gasteiger partial charge in [-0.05, 0) is 60.2 Å². The van der Waals surface area contributed by atoms with Crippen molar-refractivity contribution in [2.45, 2.75) is 10.9 Å². The molecule has 1 aliphatic rings. The average Bonchev–Trinajstić information content (AvgIpc) is 2.74. The van der Waals surface area contributed by atoms with E-state index in [1.807, 2.05) is 18.2 Å². The molecule has 0 aromatic heterocycles. The molecule has 9 heteroatoms. The molecule has 0 amide bonds. The van der Waals surface area contributed by atoms with E-state index in [4.69, 9.17) is 34.8 Å². The second kappa shape index (κ2) is 8.96. The first-order chi connectivity index (χ1) is 14.8. The van der Waals surface area contributed by atoms with E-state index >= 15 is 0 Å². The monoisotopic (exact) mass is 498 g/mol. The van der Waals surface area contributed by atoms with Crippen molar-refractivity contribution in [3.8, 4) is 0 Å². The molecule has 0 bridgehead atoms. The number of rotatable bonds is 4. The number of hydrogen-bond acceptors (Lipinski definition) is 3. The summed E-state index contributed by atoms with van der Waals surface area (Å²) in [6.45, 7) is 0.859. The number of anilines is 1. The highest BCUT2D eigenvalue weighted by Crippen LogP contribution is 2.38. The molecule has 1 aliphatic heterocycles. The zero-order valence-electron chi connectivity index (χ0n) is 16.2. The Hall–Kier alpha value is -1.83. The van der Waals surface area contributed by atoms with Crippen LogP contribution in [0.5, 0.6) is 0 Å². The van der Waals surface area contributed by atoms with Gasteiger partial charge in [-0.2, -0.15) is 4.31 Å². The maximum Gasteiger partial charge on any atom is 0.243 e. The van der Waals surface area contributed by atoms with E-state index in [2.05, 4.69) is 4.90 Å². The Morgan fingerprint density at radius 2 is 1.48 bits per heavy atom. The van der Waals surface area contributed by atoms with Crippen LogP contribution < -0.4 is 4.90 Å². The van der Waals surface area contributed by atoms with Crippen molar-refractivity contribution in [2.24, 2.45) is 0 Å². The minimum absolute atomic E-state index is 0.0572. The maximum atomic E-state index is 13.3. The third-order valence-electron chi connectivity index (χ3n) is 5.27. The Bertz CT molecular complexity index is 1190. The highest BCUT2D eigenvalue weighted by molar-refractivity contribution is 7.89. The van der Waals surface area contributed by atoms with Gasteiger partial charge in [0.05, 0.1) is 21.6 Å². The summed E-state index contributed by atoms with van der Waals surface area (Å²) in [5, 5.41) is 1.60. The van der Waals surface area contributed by atoms with Gasteiger partial charge in [-0.25, -0.2) is 12.8 Å². The van der Waals surface area contributed by atoms with Crippen molar-refractivity contribution in [1.29, 1.82) is 0 Å². The molecule has 0 saturated carbocycles. The molecule has 1 saturated heterocycles. The van der Waals surface area contributed by atoms with Gasteiger partial charge in [0, 0.05) is 29.7 Å². The summed E-state index contributed by atoms with van der Waals surface area (Å²) >= 11 is 18.6. The lowest BCUT2D eigenvalue weighted by atomic mass is 10.0. The summed E-state index contributed by atoms with van der Waals surface area (Å²) in [7, 11) is -3.79. The third kappa shape index (κ3) is 4.69. The minimum Gasteiger partial charge on any atom is -0.361 e. The molecule has 3 aromatic rings. The van der Waals surface area contributed by atoms with Crippen LogP contribution in [-0.4, -0.2) is 32.4 Å². The van der Waals surface area contributed by atoms with Crippen molar-refractivity contribution in [1.82, 2.24) is 4.31 Å². The minimum atomic E-state index is -3.79. The number of halogens is 4. The zero-order chi connectivity index (χ0) is 22.2. The fraction of sp³-hybridized carbons (Fsp3) is 0.182. The first-order valence-electron chi connectivity index (χ1n) is 9.48. The van der Waals surface area contributed by atoms with Gasteiger partial charge in [0.2, 0.25) is 10.0 Å². The van der Waals surface area contributed by atoms with Crippen LogP contribution in [0.25, 0.3) is 0 Å². The van der Waals surface area contributed by atoms with Gasteiger partial charge < -0.3 is 4.90 Å². The highest BCUT2D eigenvalue weighted by Gasteiger charge is 2.35. The molecule has 0 N–H and O–H groups in total. The summed E-state index contributed by atoms with van der Waals surface area (Å²) in [5.41, 5.74) is 1.67. The summed E-state index contributed by atoms with van der Waals surface area (Å²) in [5.74, 6) is -0.486. The van der Waals surface area contributed by atoms with Gasteiger partial charge in [-0.3, -0.25) is 0 Å². The number of benzene rings is 3. The number of sulfonamides is 1. The predicted octanol–water partition coefficient (Wildman–Crippen LogP) is 6.04. The summed E-state index contributed by atoms with van der Waals surface area (Å²) in [4.78, 5) is 2.13. The van der Waals surface area contributed by atoms with E-state index in [1.54, 1.807) is 24.3 Å². The normalized spacial score (nSPS) is 17.7. The maximum absolute atomic E-state index is 13.3. The third-order valence-corrected chi connectivity index (χ3v) is 7.94. The average molecular weight is 500 g/mol. The largest absolute Gasteiger partial charge is 0.361 e. The fourth-order valence-corrected chi connectivity index (χ4v) is 5.79. The smallest absolute Gasteiger partial charge is 0.243 e. The molecular formula is C22H18Cl3FN2O2S. The number of hydrogen-bond donors (Lipinski definition) is 0. The molecule has 4 nitrogen and oxygen atoms in total. The Morgan fingerprint density at radius 1 is 0.839 bits per heavy atom. The van der Waals surface area contributed by atoms with Gasteiger partial charge in [0.25, 0.3) is 0 Å². The lowest BCUT2D eigenvalue weighted by Crippen LogP contribution is -2.50. The summed E-state index contributed by atoms with van der Waals surface area (Å²) in [6, 6.07) is 17.1. The second-order valence-corrected chi connectivity index (χ2v) is 10.4. The highest BCUT2D eigenvalue weighted by atomic mass is 35.5. The molecule has 0 spiro atoms. The van der Waals surface area contributed by atoms with Crippen LogP contribution in [0.2, 0.25) is 15.1 Å². The quantitative estimate of drug-likeness (QED) is 0.439. The Kier molecular flexibility index (Phi) is 6.47. The molecule has 3 aromatic carbocycles. The van der Waals surface area contributed by atoms with E-state index in [-0.39, 0.29) is 24.0 Å². The second-order valence-electron chi connectivity index (χ2n) is 7.17. The lowest BCUT2D eigenvalue weighted by molar-refractivity contribution is 0.335. The van der Waals surface area contributed by atoms with Gasteiger partial charge in [-0.15, -0.1) is 0 Å². The van der Waals surface area contributed by atoms with E-state index in [1.165, 1.54) is 16.4 Å². The predicted molar refractivity (Wildman–Crippen MR) is 123 cm³/mol. The van der Waals surface area contributed by atoms with Gasteiger partial charge in [0.15, 0.2) is 0 Å². The van der Waals surface area contributed by atoms with Gasteiger partial charge in [0.1, 0.15) is 5.82 Å². The molecular weight excluding hydrogens is 482 g/mol. The molecule has 0 radical (unpaired) electrons. The van der Waals surface area contributed by atoms with Gasteiger partial charge >= 0.3 is 0 Å². The van der Waals surface area contributed by atoms with Crippen LogP contribution in [0.3, 0.4) is 0 Å². The molecule has 1 atom stereocenters.